The summed E-state index contributed by atoms with van der Waals surface area (Å²) in [6.07, 6.45) is -12.0. The van der Waals surface area contributed by atoms with Crippen LogP contribution in [0.1, 0.15) is 72.6 Å². The van der Waals surface area contributed by atoms with Crippen molar-refractivity contribution < 1.29 is 109 Å². The molecule has 3 amide bonds. The van der Waals surface area contributed by atoms with E-state index < -0.39 is 204 Å². The summed E-state index contributed by atoms with van der Waals surface area (Å²) in [7, 11) is -14.0. The van der Waals surface area contributed by atoms with Crippen LogP contribution in [0.4, 0.5) is 54.5 Å². The number of urea groups is 1. The summed E-state index contributed by atoms with van der Waals surface area (Å²) in [6.45, 7) is -2.76. The SMILES string of the molecule is CN(C(=O)N(c1nn(CC(F)(F)F)c2c(-c3ccc(C#CC(C)(C)S(C)(=O)=O)nc3[C@H](Cc3cc(F)cc(F)c3)NC(=O)Cn3nc(C(F)(F)F)c4c3C(F)(F)[C@@H]3C[C@H]43)ccc(Cl)c12)S(C)(=O)=O)[C@@H](CC(=O)O)C(=O)OCOP(=O)(O)O. The van der Waals surface area contributed by atoms with Gasteiger partial charge in [0.2, 0.25) is 22.7 Å². The summed E-state index contributed by atoms with van der Waals surface area (Å²) in [5, 5.41) is 17.6. The summed E-state index contributed by atoms with van der Waals surface area (Å²) in [4.78, 5) is 76.2. The Morgan fingerprint density at radius 1 is 0.963 bits per heavy atom. The minimum Gasteiger partial charge on any atom is -0.481 e. The van der Waals surface area contributed by atoms with Crippen LogP contribution in [0.3, 0.4) is 0 Å². The standard InChI is InChI=1S/C46H42ClF10N8O14PS2/c1-43(2,81(4,74)75)11-10-24-6-7-25(36(58-24)30(14-21-12-22(48)15-23(49)13-21)59-32(66)18-63-39-34(38(60-63)46(55,56)57)27-16-28(27)45(39,53)54)26-8-9-29(47)35-37(26)64(19-44(50,51)52)61-40(35)65(82(5,76)77)42(70)62(3)31(17-33(67)68)41(69)78-20-79-80(71,72)73/h6-9,12-13,15,27-28,30-31H,14,16-20H2,1-5H3,(H,59,66)(H,67,68)(H2,71,72,73)/t27-,28+,30-,31-/m0/s1. The third-order valence-electron chi connectivity index (χ3n) is 12.8. The molecule has 3 heterocycles. The predicted molar refractivity (Wildman–Crippen MR) is 263 cm³/mol. The Morgan fingerprint density at radius 2 is 1.59 bits per heavy atom. The monoisotopic (exact) mass is 1250 g/mol. The molecule has 2 aliphatic rings. The molecule has 0 unspecified atom stereocenters. The van der Waals surface area contributed by atoms with Gasteiger partial charge in [0.15, 0.2) is 21.3 Å². The van der Waals surface area contributed by atoms with E-state index in [1.807, 2.05) is 0 Å². The van der Waals surface area contributed by atoms with E-state index in [1.54, 1.807) is 0 Å². The van der Waals surface area contributed by atoms with E-state index >= 15 is 8.78 Å². The zero-order valence-electron chi connectivity index (χ0n) is 42.5. The number of aliphatic carboxylic acids is 1. The minimum absolute atomic E-state index is 0.0721. The maximum Gasteiger partial charge on any atom is 0.472 e. The number of hydrogen-bond acceptors (Lipinski definition) is 14. The first-order chi connectivity index (χ1) is 37.5. The number of rotatable bonds is 18. The number of ether oxygens (including phenoxy) is 1. The van der Waals surface area contributed by atoms with Crippen molar-refractivity contribution in [3.8, 4) is 23.0 Å². The van der Waals surface area contributed by atoms with Gasteiger partial charge in [-0.05, 0) is 74.4 Å². The second kappa shape index (κ2) is 22.0. The van der Waals surface area contributed by atoms with Gasteiger partial charge < -0.3 is 29.8 Å². The van der Waals surface area contributed by atoms with E-state index in [0.29, 0.717) is 19.4 Å². The van der Waals surface area contributed by atoms with Crippen LogP contribution in [0.5, 0.6) is 0 Å². The van der Waals surface area contributed by atoms with Crippen LogP contribution >= 0.6 is 19.4 Å². The molecule has 4 atom stereocenters. The maximum absolute atomic E-state index is 15.7. The molecule has 7 rings (SSSR count). The van der Waals surface area contributed by atoms with E-state index in [0.717, 1.165) is 42.7 Å². The first kappa shape index (κ1) is 62.7. The van der Waals surface area contributed by atoms with Crippen LogP contribution < -0.4 is 9.62 Å². The Hall–Kier alpha value is -6.89. The van der Waals surface area contributed by atoms with Crippen molar-refractivity contribution in [1.29, 1.82) is 0 Å². The number of amides is 3. The number of pyridine rings is 1. The molecular weight excluding hydrogens is 1210 g/mol. The highest BCUT2D eigenvalue weighted by Gasteiger charge is 2.68. The van der Waals surface area contributed by atoms with E-state index in [2.05, 4.69) is 41.6 Å². The molecule has 0 bridgehead atoms. The number of sulfone groups is 1. The normalized spacial score (nSPS) is 16.8. The Balaban J connectivity index is 1.47. The number of nitrogens with one attached hydrogen (secondary N) is 1. The lowest BCUT2D eigenvalue weighted by atomic mass is 9.93. The number of anilines is 1. The average Bonchev–Trinajstić information content (AvgIpc) is 2.53. The number of likely N-dealkylation sites (N-methyl/N-ethyl adjacent to an activating group) is 1. The first-order valence-corrected chi connectivity index (χ1v) is 28.8. The number of carboxylic acids is 1. The van der Waals surface area contributed by atoms with Crippen LogP contribution in [0.15, 0.2) is 42.5 Å². The second-order valence-electron chi connectivity index (χ2n) is 19.3. The predicted octanol–water partition coefficient (Wildman–Crippen LogP) is 6.56. The first-order valence-electron chi connectivity index (χ1n) is 23.2. The number of alkyl halides is 8. The number of nitrogens with zero attached hydrogens (tertiary/aromatic N) is 7. The Morgan fingerprint density at radius 3 is 2.15 bits per heavy atom. The Labute approximate surface area is 461 Å². The van der Waals surface area contributed by atoms with Gasteiger partial charge in [0.1, 0.15) is 46.9 Å². The lowest BCUT2D eigenvalue weighted by Crippen LogP contribution is -2.52. The number of sulfonamides is 1. The number of carbonyl (C=O) groups is 4. The number of carbonyl (C=O) groups excluding carboxylic acids is 3. The van der Waals surface area contributed by atoms with Gasteiger partial charge >= 0.3 is 38.1 Å². The number of phosphoric ester groups is 1. The number of esters is 1. The quantitative estimate of drug-likeness (QED) is 0.0237. The fourth-order valence-electron chi connectivity index (χ4n) is 8.86. The van der Waals surface area contributed by atoms with Crippen molar-refractivity contribution in [2.45, 2.75) is 87.2 Å². The molecule has 0 spiro atoms. The number of carboxylic acid groups (broad SMARTS) is 1. The molecule has 2 aromatic carbocycles. The number of halogens is 11. The summed E-state index contributed by atoms with van der Waals surface area (Å²) in [5.74, 6) is -10.5. The van der Waals surface area contributed by atoms with Gasteiger partial charge in [0, 0.05) is 42.0 Å². The molecule has 2 aliphatic carbocycles. The van der Waals surface area contributed by atoms with Crippen LogP contribution in [-0.2, 0) is 79.7 Å². The van der Waals surface area contributed by atoms with E-state index in [1.165, 1.54) is 13.8 Å². The third kappa shape index (κ3) is 13.5. The van der Waals surface area contributed by atoms with E-state index in [9.17, 15) is 80.8 Å². The largest absolute Gasteiger partial charge is 0.481 e. The fourth-order valence-corrected chi connectivity index (χ4v) is 10.4. The summed E-state index contributed by atoms with van der Waals surface area (Å²) >= 11 is 6.64. The van der Waals surface area contributed by atoms with Gasteiger partial charge in [-0.1, -0.05) is 23.6 Å². The topological polar surface area (TPSA) is 300 Å². The van der Waals surface area contributed by atoms with Crippen molar-refractivity contribution in [2.24, 2.45) is 5.92 Å². The van der Waals surface area contributed by atoms with Crippen LogP contribution in [0, 0.1) is 29.4 Å². The van der Waals surface area contributed by atoms with Gasteiger partial charge in [-0.25, -0.2) is 49.3 Å². The average molecular weight is 1250 g/mol. The van der Waals surface area contributed by atoms with Crippen LogP contribution in [-0.4, -0.2) is 128 Å². The van der Waals surface area contributed by atoms with Crippen LogP contribution in [0.2, 0.25) is 5.02 Å². The minimum atomic E-state index is -5.34. The molecule has 82 heavy (non-hydrogen) atoms. The van der Waals surface area contributed by atoms with Gasteiger partial charge in [-0.3, -0.25) is 19.0 Å². The zero-order chi connectivity index (χ0) is 61.4. The molecule has 0 saturated heterocycles. The van der Waals surface area contributed by atoms with Crippen molar-refractivity contribution >= 4 is 79.9 Å². The summed E-state index contributed by atoms with van der Waals surface area (Å²) in [5.41, 5.74) is -6.97. The van der Waals surface area contributed by atoms with Crippen molar-refractivity contribution in [3.05, 3.63) is 93.0 Å². The molecule has 22 nitrogen and oxygen atoms in total. The molecule has 1 saturated carbocycles. The smallest absolute Gasteiger partial charge is 0.472 e. The highest BCUT2D eigenvalue weighted by Crippen LogP contribution is 2.68. The van der Waals surface area contributed by atoms with E-state index in [4.69, 9.17) is 21.4 Å². The molecule has 5 aromatic rings. The lowest BCUT2D eigenvalue weighted by Gasteiger charge is -2.29. The maximum atomic E-state index is 15.7. The number of fused-ring (bicyclic) bond motifs is 4. The second-order valence-corrected chi connectivity index (χ2v) is 25.3. The number of hydrogen-bond donors (Lipinski definition) is 4. The number of benzene rings is 2. The van der Waals surface area contributed by atoms with Gasteiger partial charge in [-0.15, -0.1) is 0 Å². The Bertz CT molecular complexity index is 3790. The van der Waals surface area contributed by atoms with Crippen molar-refractivity contribution in [3.63, 3.8) is 0 Å². The highest BCUT2D eigenvalue weighted by atomic mass is 35.5. The molecule has 3 aromatic heterocycles. The highest BCUT2D eigenvalue weighted by molar-refractivity contribution is 7.93. The van der Waals surface area contributed by atoms with Crippen molar-refractivity contribution in [1.82, 2.24) is 34.8 Å². The lowest BCUT2D eigenvalue weighted by molar-refractivity contribution is -0.159. The molecule has 4 N–H and O–H groups in total. The molecular formula is C46H42ClF10N8O14PS2. The number of phosphoric acid groups is 1. The van der Waals surface area contributed by atoms with Gasteiger partial charge in [0.25, 0.3) is 5.92 Å². The fraction of sp³-hybridized carbons (Fsp3) is 0.413. The van der Waals surface area contributed by atoms with Crippen LogP contribution in [0.25, 0.3) is 22.0 Å². The molecule has 444 valence electrons. The summed E-state index contributed by atoms with van der Waals surface area (Å²) in [6, 6.07) is -0.425. The Kier molecular flexibility index (Phi) is 16.8. The van der Waals surface area contributed by atoms with E-state index in [-0.39, 0.29) is 30.6 Å². The molecule has 0 radical (unpaired) electrons. The third-order valence-corrected chi connectivity index (χ3v) is 16.5. The molecule has 36 heteroatoms. The van der Waals surface area contributed by atoms with Gasteiger partial charge in [-0.2, -0.15) is 49.6 Å². The van der Waals surface area contributed by atoms with Crippen molar-refractivity contribution in [2.75, 3.05) is 30.7 Å². The summed E-state index contributed by atoms with van der Waals surface area (Å²) < 4.78 is 219. The number of aromatic nitrogens is 5. The molecule has 1 fully saturated rings. The zero-order valence-corrected chi connectivity index (χ0v) is 45.8. The van der Waals surface area contributed by atoms with Gasteiger partial charge in [0.05, 0.1) is 40.3 Å². The molecule has 0 aliphatic heterocycles.